The summed E-state index contributed by atoms with van der Waals surface area (Å²) in [5.74, 6) is 0.0169. The van der Waals surface area contributed by atoms with Crippen LogP contribution in [-0.2, 0) is 11.2 Å². The standard InChI is InChI=1S/C17H12ClFN2O2/c18-15-8-13(5-6-14(15)16-9-20-10-23-16)21-17(22)7-11-1-3-12(19)4-2-11/h1-6,8-10H,7H2,(H,21,22). The number of nitrogens with zero attached hydrogens (tertiary/aromatic N) is 1. The lowest BCUT2D eigenvalue weighted by molar-refractivity contribution is -0.115. The van der Waals surface area contributed by atoms with Crippen molar-refractivity contribution in [3.8, 4) is 11.3 Å². The molecule has 0 bridgehead atoms. The number of aromatic nitrogens is 1. The van der Waals surface area contributed by atoms with E-state index in [4.69, 9.17) is 16.0 Å². The summed E-state index contributed by atoms with van der Waals surface area (Å²) in [4.78, 5) is 15.9. The molecule has 1 amide bonds. The van der Waals surface area contributed by atoms with Crippen molar-refractivity contribution in [2.45, 2.75) is 6.42 Å². The van der Waals surface area contributed by atoms with Gasteiger partial charge in [0.2, 0.25) is 5.91 Å². The number of carbonyl (C=O) groups excluding carboxylic acids is 1. The Morgan fingerprint density at radius 2 is 2.00 bits per heavy atom. The van der Waals surface area contributed by atoms with E-state index in [9.17, 15) is 9.18 Å². The van der Waals surface area contributed by atoms with E-state index in [1.165, 1.54) is 18.5 Å². The van der Waals surface area contributed by atoms with E-state index in [1.807, 2.05) is 0 Å². The Bertz CT molecular complexity index is 817. The molecule has 116 valence electrons. The molecule has 3 rings (SSSR count). The Kier molecular flexibility index (Phi) is 4.39. The Hall–Kier alpha value is -2.66. The van der Waals surface area contributed by atoms with Crippen LogP contribution in [0.5, 0.6) is 0 Å². The fraction of sp³-hybridized carbons (Fsp3) is 0.0588. The van der Waals surface area contributed by atoms with E-state index in [0.717, 1.165) is 5.56 Å². The fourth-order valence-electron chi connectivity index (χ4n) is 2.13. The minimum Gasteiger partial charge on any atom is -0.443 e. The van der Waals surface area contributed by atoms with Gasteiger partial charge in [-0.2, -0.15) is 0 Å². The van der Waals surface area contributed by atoms with Crippen molar-refractivity contribution in [3.63, 3.8) is 0 Å². The molecule has 0 aliphatic heterocycles. The number of oxazole rings is 1. The van der Waals surface area contributed by atoms with Crippen LogP contribution in [0.4, 0.5) is 10.1 Å². The number of nitrogens with one attached hydrogen (secondary N) is 1. The van der Waals surface area contributed by atoms with Crippen LogP contribution in [0.1, 0.15) is 5.56 Å². The minimum absolute atomic E-state index is 0.155. The first-order valence-corrected chi connectivity index (χ1v) is 7.22. The van der Waals surface area contributed by atoms with Crippen LogP contribution >= 0.6 is 11.6 Å². The van der Waals surface area contributed by atoms with Crippen molar-refractivity contribution in [1.82, 2.24) is 4.98 Å². The summed E-state index contributed by atoms with van der Waals surface area (Å²) in [6.45, 7) is 0. The van der Waals surface area contributed by atoms with Crippen molar-refractivity contribution in [2.75, 3.05) is 5.32 Å². The summed E-state index contributed by atoms with van der Waals surface area (Å²) in [6.07, 6.45) is 3.04. The van der Waals surface area contributed by atoms with E-state index in [1.54, 1.807) is 36.5 Å². The molecule has 1 heterocycles. The smallest absolute Gasteiger partial charge is 0.228 e. The number of rotatable bonds is 4. The zero-order chi connectivity index (χ0) is 16.2. The van der Waals surface area contributed by atoms with Crippen LogP contribution in [0.3, 0.4) is 0 Å². The molecule has 2 aromatic carbocycles. The molecule has 0 radical (unpaired) electrons. The number of hydrogen-bond acceptors (Lipinski definition) is 3. The Morgan fingerprint density at radius 3 is 2.65 bits per heavy atom. The van der Waals surface area contributed by atoms with Crippen molar-refractivity contribution < 1.29 is 13.6 Å². The van der Waals surface area contributed by atoms with Gasteiger partial charge in [-0.1, -0.05) is 23.7 Å². The van der Waals surface area contributed by atoms with Gasteiger partial charge >= 0.3 is 0 Å². The molecule has 0 aliphatic rings. The summed E-state index contributed by atoms with van der Waals surface area (Å²) in [5, 5.41) is 3.20. The summed E-state index contributed by atoms with van der Waals surface area (Å²) in [6, 6.07) is 10.9. The molecule has 0 spiro atoms. The first kappa shape index (κ1) is 15.2. The number of carbonyl (C=O) groups is 1. The van der Waals surface area contributed by atoms with Crippen LogP contribution in [0.2, 0.25) is 5.02 Å². The second kappa shape index (κ2) is 6.62. The van der Waals surface area contributed by atoms with Gasteiger partial charge in [0.15, 0.2) is 12.2 Å². The van der Waals surface area contributed by atoms with E-state index in [-0.39, 0.29) is 18.1 Å². The second-order valence-electron chi connectivity index (χ2n) is 4.91. The predicted molar refractivity (Wildman–Crippen MR) is 85.7 cm³/mol. The normalized spacial score (nSPS) is 10.5. The topological polar surface area (TPSA) is 55.1 Å². The van der Waals surface area contributed by atoms with Gasteiger partial charge in [-0.15, -0.1) is 0 Å². The van der Waals surface area contributed by atoms with Crippen LogP contribution in [0.15, 0.2) is 59.5 Å². The molecule has 4 nitrogen and oxygen atoms in total. The maximum Gasteiger partial charge on any atom is 0.228 e. The molecule has 3 aromatic rings. The van der Waals surface area contributed by atoms with E-state index in [0.29, 0.717) is 22.0 Å². The number of halogens is 2. The second-order valence-corrected chi connectivity index (χ2v) is 5.32. The SMILES string of the molecule is O=C(Cc1ccc(F)cc1)Nc1ccc(-c2cnco2)c(Cl)c1. The average molecular weight is 331 g/mol. The molecular weight excluding hydrogens is 319 g/mol. The highest BCUT2D eigenvalue weighted by Crippen LogP contribution is 2.30. The lowest BCUT2D eigenvalue weighted by Gasteiger charge is -2.08. The Balaban J connectivity index is 1.69. The van der Waals surface area contributed by atoms with E-state index in [2.05, 4.69) is 10.3 Å². The van der Waals surface area contributed by atoms with E-state index >= 15 is 0 Å². The number of hydrogen-bond donors (Lipinski definition) is 1. The van der Waals surface area contributed by atoms with Gasteiger partial charge in [0.25, 0.3) is 0 Å². The van der Waals surface area contributed by atoms with Crippen LogP contribution < -0.4 is 5.32 Å². The molecule has 23 heavy (non-hydrogen) atoms. The van der Waals surface area contributed by atoms with Crippen LogP contribution in [0, 0.1) is 5.82 Å². The monoisotopic (exact) mass is 330 g/mol. The molecule has 0 saturated heterocycles. The molecule has 0 atom stereocenters. The maximum absolute atomic E-state index is 12.8. The van der Waals surface area contributed by atoms with Gasteiger partial charge in [-0.05, 0) is 35.9 Å². The largest absolute Gasteiger partial charge is 0.443 e. The van der Waals surface area contributed by atoms with Gasteiger partial charge < -0.3 is 9.73 Å². The van der Waals surface area contributed by atoms with Crippen LogP contribution in [0.25, 0.3) is 11.3 Å². The Labute approximate surface area is 136 Å². The number of benzene rings is 2. The summed E-state index contributed by atoms with van der Waals surface area (Å²) in [5.41, 5.74) is 2.00. The molecule has 1 N–H and O–H groups in total. The quantitative estimate of drug-likeness (QED) is 0.775. The highest BCUT2D eigenvalue weighted by atomic mass is 35.5. The zero-order valence-electron chi connectivity index (χ0n) is 11.9. The van der Waals surface area contributed by atoms with Crippen molar-refractivity contribution >= 4 is 23.2 Å². The molecule has 0 aliphatic carbocycles. The van der Waals surface area contributed by atoms with Gasteiger partial charge in [0.1, 0.15) is 5.82 Å². The average Bonchev–Trinajstić information content (AvgIpc) is 3.04. The third-order valence-corrected chi connectivity index (χ3v) is 3.54. The first-order valence-electron chi connectivity index (χ1n) is 6.84. The predicted octanol–water partition coefficient (Wildman–Crippen LogP) is 4.32. The summed E-state index contributed by atoms with van der Waals surface area (Å²) in [7, 11) is 0. The molecule has 6 heteroatoms. The van der Waals surface area contributed by atoms with Crippen molar-refractivity contribution in [2.24, 2.45) is 0 Å². The van der Waals surface area contributed by atoms with E-state index < -0.39 is 0 Å². The number of anilines is 1. The highest BCUT2D eigenvalue weighted by Gasteiger charge is 2.10. The molecule has 0 unspecified atom stereocenters. The minimum atomic E-state index is -0.330. The zero-order valence-corrected chi connectivity index (χ0v) is 12.7. The highest BCUT2D eigenvalue weighted by molar-refractivity contribution is 6.33. The van der Waals surface area contributed by atoms with Crippen LogP contribution in [-0.4, -0.2) is 10.9 Å². The van der Waals surface area contributed by atoms with Crippen molar-refractivity contribution in [3.05, 3.63) is 71.5 Å². The number of amides is 1. The first-order chi connectivity index (χ1) is 11.1. The lowest BCUT2D eigenvalue weighted by Crippen LogP contribution is -2.14. The molecule has 1 aromatic heterocycles. The molecule has 0 saturated carbocycles. The van der Waals surface area contributed by atoms with Gasteiger partial charge in [-0.3, -0.25) is 4.79 Å². The maximum atomic E-state index is 12.8. The lowest BCUT2D eigenvalue weighted by atomic mass is 10.1. The summed E-state index contributed by atoms with van der Waals surface area (Å²) < 4.78 is 18.0. The van der Waals surface area contributed by atoms with Gasteiger partial charge in [0, 0.05) is 11.3 Å². The molecule has 0 fully saturated rings. The molecular formula is C17H12ClFN2O2. The Morgan fingerprint density at radius 1 is 1.22 bits per heavy atom. The van der Waals surface area contributed by atoms with Gasteiger partial charge in [0.05, 0.1) is 17.6 Å². The third kappa shape index (κ3) is 3.76. The third-order valence-electron chi connectivity index (χ3n) is 3.23. The van der Waals surface area contributed by atoms with Gasteiger partial charge in [-0.25, -0.2) is 9.37 Å². The van der Waals surface area contributed by atoms with Crippen molar-refractivity contribution in [1.29, 1.82) is 0 Å². The summed E-state index contributed by atoms with van der Waals surface area (Å²) >= 11 is 6.20. The fourth-order valence-corrected chi connectivity index (χ4v) is 2.41.